The fourth-order valence-corrected chi connectivity index (χ4v) is 7.61. The van der Waals surface area contributed by atoms with Gasteiger partial charge in [0.25, 0.3) is 0 Å². The van der Waals surface area contributed by atoms with Crippen LogP contribution in [0.15, 0.2) is 11.6 Å². The number of allylic oxidation sites excluding steroid dienone is 1. The Labute approximate surface area is 166 Å². The van der Waals surface area contributed by atoms with Crippen molar-refractivity contribution in [2.24, 2.45) is 28.6 Å². The summed E-state index contributed by atoms with van der Waals surface area (Å²) >= 11 is 0. The Hall–Kier alpha value is -1.49. The van der Waals surface area contributed by atoms with Crippen molar-refractivity contribution >= 4 is 17.5 Å². The fourth-order valence-electron chi connectivity index (χ4n) is 7.61. The van der Waals surface area contributed by atoms with Crippen molar-refractivity contribution in [3.8, 4) is 0 Å². The van der Waals surface area contributed by atoms with Gasteiger partial charge in [-0.25, -0.2) is 0 Å². The number of rotatable bonds is 3. The molecule has 0 aromatic rings. The second-order valence-electron chi connectivity index (χ2n) is 9.97. The maximum Gasteiger partial charge on any atom is 0.303 e. The number of fused-ring (bicyclic) bond motifs is 5. The van der Waals surface area contributed by atoms with E-state index in [1.165, 1.54) is 12.5 Å². The summed E-state index contributed by atoms with van der Waals surface area (Å²) in [5.74, 6) is 0.746. The fraction of sp³-hybridized carbons (Fsp3) is 0.783. The standard InChI is InChI=1S/C23H32O5/c1-14(25)28-23(20(27)13-24)11-8-19-17-5-4-15-12-16(26)6-9-21(15,2)18(17)7-10-22(19,23)3/h12,17-19,24H,4-11,13H2,1-3H3/t17?,18?,19?,21?,22?,23-/m1/s1. The van der Waals surface area contributed by atoms with Gasteiger partial charge in [0, 0.05) is 18.8 Å². The molecule has 1 N–H and O–H groups in total. The lowest BCUT2D eigenvalue weighted by atomic mass is 9.46. The van der Waals surface area contributed by atoms with Crippen molar-refractivity contribution in [3.63, 3.8) is 0 Å². The third kappa shape index (κ3) is 2.51. The highest BCUT2D eigenvalue weighted by atomic mass is 16.6. The van der Waals surface area contributed by atoms with Crippen LogP contribution in [0, 0.1) is 28.6 Å². The molecule has 4 rings (SSSR count). The number of ether oxygens (including phenoxy) is 1. The van der Waals surface area contributed by atoms with Crippen molar-refractivity contribution in [3.05, 3.63) is 11.6 Å². The Morgan fingerprint density at radius 1 is 1.11 bits per heavy atom. The highest BCUT2D eigenvalue weighted by Crippen LogP contribution is 2.68. The zero-order valence-electron chi connectivity index (χ0n) is 17.3. The predicted molar refractivity (Wildman–Crippen MR) is 103 cm³/mol. The molecule has 0 aromatic heterocycles. The predicted octanol–water partition coefficient (Wildman–Crippen LogP) is 3.38. The van der Waals surface area contributed by atoms with Crippen LogP contribution in [0.3, 0.4) is 0 Å². The van der Waals surface area contributed by atoms with Gasteiger partial charge in [0.2, 0.25) is 5.78 Å². The molecule has 28 heavy (non-hydrogen) atoms. The lowest BCUT2D eigenvalue weighted by Crippen LogP contribution is -2.59. The van der Waals surface area contributed by atoms with Gasteiger partial charge >= 0.3 is 5.97 Å². The molecule has 0 aromatic carbocycles. The van der Waals surface area contributed by atoms with Gasteiger partial charge in [0.15, 0.2) is 11.4 Å². The summed E-state index contributed by atoms with van der Waals surface area (Å²) < 4.78 is 5.75. The molecular weight excluding hydrogens is 356 g/mol. The van der Waals surface area contributed by atoms with Crippen LogP contribution in [-0.4, -0.2) is 34.9 Å². The molecule has 0 amide bonds. The van der Waals surface area contributed by atoms with E-state index in [1.54, 1.807) is 0 Å². The summed E-state index contributed by atoms with van der Waals surface area (Å²) in [5.41, 5.74) is -0.222. The van der Waals surface area contributed by atoms with Crippen LogP contribution >= 0.6 is 0 Å². The van der Waals surface area contributed by atoms with E-state index in [-0.39, 0.29) is 17.0 Å². The lowest BCUT2D eigenvalue weighted by molar-refractivity contribution is -0.189. The molecule has 0 heterocycles. The second kappa shape index (κ2) is 6.51. The van der Waals surface area contributed by atoms with Crippen LogP contribution < -0.4 is 0 Å². The van der Waals surface area contributed by atoms with E-state index in [2.05, 4.69) is 13.8 Å². The van der Waals surface area contributed by atoms with Gasteiger partial charge in [-0.2, -0.15) is 0 Å². The first-order chi connectivity index (χ1) is 13.2. The maximum absolute atomic E-state index is 12.8. The first-order valence-corrected chi connectivity index (χ1v) is 10.8. The van der Waals surface area contributed by atoms with Crippen LogP contribution in [0.25, 0.3) is 0 Å². The first kappa shape index (κ1) is 19.8. The van der Waals surface area contributed by atoms with Crippen molar-refractivity contribution in [2.75, 3.05) is 6.61 Å². The minimum absolute atomic E-state index is 0.0752. The molecule has 5 unspecified atom stereocenters. The van der Waals surface area contributed by atoms with E-state index in [9.17, 15) is 19.5 Å². The minimum atomic E-state index is -1.19. The molecule has 5 heteroatoms. The zero-order chi connectivity index (χ0) is 20.3. The van der Waals surface area contributed by atoms with Gasteiger partial charge in [-0.1, -0.05) is 19.4 Å². The molecule has 4 aliphatic carbocycles. The van der Waals surface area contributed by atoms with Crippen molar-refractivity contribution in [2.45, 2.75) is 77.7 Å². The highest BCUT2D eigenvalue weighted by Gasteiger charge is 2.68. The Kier molecular flexibility index (Phi) is 4.61. The summed E-state index contributed by atoms with van der Waals surface area (Å²) in [4.78, 5) is 36.7. The largest absolute Gasteiger partial charge is 0.451 e. The zero-order valence-corrected chi connectivity index (χ0v) is 17.3. The molecule has 0 radical (unpaired) electrons. The third-order valence-electron chi connectivity index (χ3n) is 8.99. The van der Waals surface area contributed by atoms with E-state index >= 15 is 0 Å². The van der Waals surface area contributed by atoms with E-state index in [1.807, 2.05) is 6.08 Å². The minimum Gasteiger partial charge on any atom is -0.451 e. The lowest BCUT2D eigenvalue weighted by Gasteiger charge is -2.59. The number of carbonyl (C=O) groups excluding carboxylic acids is 3. The molecule has 5 nitrogen and oxygen atoms in total. The van der Waals surface area contributed by atoms with Gasteiger partial charge in [-0.3, -0.25) is 14.4 Å². The number of aliphatic hydroxyl groups excluding tert-OH is 1. The molecule has 3 fully saturated rings. The Morgan fingerprint density at radius 2 is 1.82 bits per heavy atom. The number of carbonyl (C=O) groups is 3. The van der Waals surface area contributed by atoms with E-state index in [4.69, 9.17) is 4.74 Å². The summed E-state index contributed by atoms with van der Waals surface area (Å²) in [7, 11) is 0. The topological polar surface area (TPSA) is 80.7 Å². The molecule has 0 saturated heterocycles. The smallest absolute Gasteiger partial charge is 0.303 e. The summed E-state index contributed by atoms with van der Waals surface area (Å²) in [6.45, 7) is 5.20. The molecule has 0 aliphatic heterocycles. The normalized spacial score (nSPS) is 44.8. The van der Waals surface area contributed by atoms with E-state index in [0.29, 0.717) is 30.6 Å². The van der Waals surface area contributed by atoms with Crippen molar-refractivity contribution in [1.82, 2.24) is 0 Å². The van der Waals surface area contributed by atoms with E-state index in [0.717, 1.165) is 38.5 Å². The number of esters is 1. The van der Waals surface area contributed by atoms with Crippen LogP contribution in [0.2, 0.25) is 0 Å². The van der Waals surface area contributed by atoms with E-state index < -0.39 is 23.6 Å². The highest BCUT2D eigenvalue weighted by molar-refractivity contribution is 5.92. The van der Waals surface area contributed by atoms with Gasteiger partial charge in [-0.15, -0.1) is 0 Å². The first-order valence-electron chi connectivity index (χ1n) is 10.8. The molecule has 6 atom stereocenters. The number of hydrogen-bond acceptors (Lipinski definition) is 5. The van der Waals surface area contributed by atoms with Crippen LogP contribution in [0.4, 0.5) is 0 Å². The van der Waals surface area contributed by atoms with Crippen LogP contribution in [0.1, 0.15) is 72.1 Å². The monoisotopic (exact) mass is 388 g/mol. The SMILES string of the molecule is CC(=O)O[C@@]1(C(=O)CO)CCC2C3CCC4=CC(=O)CCC4(C)C3CCC21C. The average molecular weight is 389 g/mol. The Morgan fingerprint density at radius 3 is 2.50 bits per heavy atom. The number of ketones is 2. The van der Waals surface area contributed by atoms with Gasteiger partial charge < -0.3 is 9.84 Å². The maximum atomic E-state index is 12.8. The van der Waals surface area contributed by atoms with Crippen molar-refractivity contribution in [1.29, 1.82) is 0 Å². The summed E-state index contributed by atoms with van der Waals surface area (Å²) in [6.07, 6.45) is 8.59. The molecule has 4 aliphatic rings. The second-order valence-corrected chi connectivity index (χ2v) is 9.97. The number of Topliss-reactive ketones (excluding diaryl/α,β-unsaturated/α-hetero) is 1. The molecule has 3 saturated carbocycles. The number of aliphatic hydroxyl groups is 1. The van der Waals surface area contributed by atoms with Gasteiger partial charge in [-0.05, 0) is 74.2 Å². The molecule has 154 valence electrons. The van der Waals surface area contributed by atoms with Crippen molar-refractivity contribution < 1.29 is 24.2 Å². The van der Waals surface area contributed by atoms with Gasteiger partial charge in [0.1, 0.15) is 6.61 Å². The molecule has 0 spiro atoms. The quantitative estimate of drug-likeness (QED) is 0.750. The third-order valence-corrected chi connectivity index (χ3v) is 8.99. The Bertz CT molecular complexity index is 754. The number of hydrogen-bond donors (Lipinski definition) is 1. The molecule has 0 bridgehead atoms. The average Bonchev–Trinajstić information content (AvgIpc) is 2.94. The Balaban J connectivity index is 1.70. The van der Waals surface area contributed by atoms with Gasteiger partial charge in [0.05, 0.1) is 0 Å². The van der Waals surface area contributed by atoms with Crippen LogP contribution in [-0.2, 0) is 19.1 Å². The summed E-state index contributed by atoms with van der Waals surface area (Å²) in [6, 6.07) is 0. The summed E-state index contributed by atoms with van der Waals surface area (Å²) in [5, 5.41) is 9.65. The van der Waals surface area contributed by atoms with Crippen LogP contribution in [0.5, 0.6) is 0 Å². The molecular formula is C23H32O5.